The summed E-state index contributed by atoms with van der Waals surface area (Å²) in [6.45, 7) is 5.85. The molecule has 0 radical (unpaired) electrons. The fourth-order valence-corrected chi connectivity index (χ4v) is 4.29. The van der Waals surface area contributed by atoms with Gasteiger partial charge in [0.2, 0.25) is 5.91 Å². The smallest absolute Gasteiger partial charge is 0.236 e. The molecule has 152 valence electrons. The molecule has 2 heterocycles. The third-order valence-electron chi connectivity index (χ3n) is 5.12. The maximum absolute atomic E-state index is 13.1. The summed E-state index contributed by atoms with van der Waals surface area (Å²) < 4.78 is 7.64. The van der Waals surface area contributed by atoms with Crippen LogP contribution in [-0.2, 0) is 17.9 Å². The number of carbonyl (C=O) groups excluding carboxylic acids is 1. The second-order valence-corrected chi connectivity index (χ2v) is 8.69. The van der Waals surface area contributed by atoms with Gasteiger partial charge >= 0.3 is 0 Å². The van der Waals surface area contributed by atoms with Gasteiger partial charge in [0.25, 0.3) is 0 Å². The van der Waals surface area contributed by atoms with Gasteiger partial charge in [0.05, 0.1) is 18.1 Å². The maximum atomic E-state index is 13.1. The largest absolute Gasteiger partial charge is 0.467 e. The van der Waals surface area contributed by atoms with Crippen LogP contribution in [0.4, 0.5) is 0 Å². The Labute approximate surface area is 175 Å². The number of thioether (sulfide) groups is 1. The molecule has 0 aliphatic heterocycles. The lowest BCUT2D eigenvalue weighted by atomic mass is 10.2. The van der Waals surface area contributed by atoms with Gasteiger partial charge in [-0.3, -0.25) is 9.36 Å². The Kier molecular flexibility index (Phi) is 6.04. The second kappa shape index (κ2) is 8.86. The van der Waals surface area contributed by atoms with E-state index in [0.29, 0.717) is 25.6 Å². The average Bonchev–Trinajstić information content (AvgIpc) is 3.32. The second-order valence-electron chi connectivity index (χ2n) is 7.38. The predicted molar refractivity (Wildman–Crippen MR) is 113 cm³/mol. The van der Waals surface area contributed by atoms with Crippen molar-refractivity contribution in [2.45, 2.75) is 56.1 Å². The van der Waals surface area contributed by atoms with Gasteiger partial charge in [-0.1, -0.05) is 42.1 Å². The number of carbonyl (C=O) groups is 1. The molecule has 6 nitrogen and oxygen atoms in total. The number of hydrogen-bond donors (Lipinski definition) is 0. The summed E-state index contributed by atoms with van der Waals surface area (Å²) >= 11 is 1.48. The van der Waals surface area contributed by atoms with Crippen LogP contribution in [0.25, 0.3) is 0 Å². The van der Waals surface area contributed by atoms with Gasteiger partial charge in [-0.2, -0.15) is 0 Å². The minimum Gasteiger partial charge on any atom is -0.467 e. The third kappa shape index (κ3) is 4.72. The Morgan fingerprint density at radius 1 is 1.24 bits per heavy atom. The molecule has 29 heavy (non-hydrogen) atoms. The topological polar surface area (TPSA) is 64.2 Å². The summed E-state index contributed by atoms with van der Waals surface area (Å²) in [6, 6.07) is 13.9. The first-order chi connectivity index (χ1) is 14.2. The summed E-state index contributed by atoms with van der Waals surface area (Å²) in [5, 5.41) is 9.37. The van der Waals surface area contributed by atoms with Crippen LogP contribution in [0.3, 0.4) is 0 Å². The van der Waals surface area contributed by atoms with E-state index in [4.69, 9.17) is 4.42 Å². The van der Waals surface area contributed by atoms with Crippen molar-refractivity contribution in [3.05, 3.63) is 65.9 Å². The zero-order valence-corrected chi connectivity index (χ0v) is 17.6. The minimum atomic E-state index is -0.245. The standard InChI is InChI=1S/C22H26N4O2S/c1-3-25(14-17-8-5-4-6-9-17)21(27)16(2)29-22-24-23-20(18-11-12-18)26(22)15-19-10-7-13-28-19/h4-10,13,16,18H,3,11-12,14-15H2,1-2H3. The molecule has 1 unspecified atom stereocenters. The highest BCUT2D eigenvalue weighted by Gasteiger charge is 2.32. The molecule has 1 aliphatic carbocycles. The molecular weight excluding hydrogens is 384 g/mol. The van der Waals surface area contributed by atoms with E-state index in [2.05, 4.69) is 26.9 Å². The Morgan fingerprint density at radius 2 is 2.03 bits per heavy atom. The first-order valence-corrected chi connectivity index (χ1v) is 11.0. The summed E-state index contributed by atoms with van der Waals surface area (Å²) in [5.41, 5.74) is 1.14. The minimum absolute atomic E-state index is 0.113. The van der Waals surface area contributed by atoms with Gasteiger partial charge in [0.1, 0.15) is 11.6 Å². The zero-order valence-electron chi connectivity index (χ0n) is 16.8. The number of nitrogens with zero attached hydrogens (tertiary/aromatic N) is 4. The Bertz CT molecular complexity index is 935. The SMILES string of the molecule is CCN(Cc1ccccc1)C(=O)C(C)Sc1nnc(C2CC2)n1Cc1ccco1. The highest BCUT2D eigenvalue weighted by molar-refractivity contribution is 8.00. The number of benzene rings is 1. The van der Waals surface area contributed by atoms with E-state index in [-0.39, 0.29) is 11.2 Å². The van der Waals surface area contributed by atoms with Crippen molar-refractivity contribution in [2.24, 2.45) is 0 Å². The third-order valence-corrected chi connectivity index (χ3v) is 6.19. The van der Waals surface area contributed by atoms with Crippen molar-refractivity contribution in [2.75, 3.05) is 6.54 Å². The summed E-state index contributed by atoms with van der Waals surface area (Å²) in [4.78, 5) is 15.0. The van der Waals surface area contributed by atoms with Gasteiger partial charge in [0.15, 0.2) is 5.16 Å². The zero-order chi connectivity index (χ0) is 20.2. The van der Waals surface area contributed by atoms with Crippen molar-refractivity contribution < 1.29 is 9.21 Å². The predicted octanol–water partition coefficient (Wildman–Crippen LogP) is 4.33. The molecule has 1 aromatic carbocycles. The van der Waals surface area contributed by atoms with Crippen LogP contribution in [0.2, 0.25) is 0 Å². The monoisotopic (exact) mass is 410 g/mol. The molecule has 0 N–H and O–H groups in total. The lowest BCUT2D eigenvalue weighted by molar-refractivity contribution is -0.130. The molecule has 0 spiro atoms. The summed E-state index contributed by atoms with van der Waals surface area (Å²) in [6.07, 6.45) is 3.98. The molecule has 4 rings (SSSR count). The van der Waals surface area contributed by atoms with E-state index in [0.717, 1.165) is 35.1 Å². The number of aromatic nitrogens is 3. The van der Waals surface area contributed by atoms with Crippen molar-refractivity contribution >= 4 is 17.7 Å². The Morgan fingerprint density at radius 3 is 2.69 bits per heavy atom. The van der Waals surface area contributed by atoms with Gasteiger partial charge in [-0.05, 0) is 44.4 Å². The molecule has 3 aromatic rings. The fraction of sp³-hybridized carbons (Fsp3) is 0.409. The molecule has 1 amide bonds. The van der Waals surface area contributed by atoms with Crippen LogP contribution in [0, 0.1) is 0 Å². The van der Waals surface area contributed by atoms with Gasteiger partial charge in [-0.25, -0.2) is 0 Å². The molecule has 1 fully saturated rings. The fourth-order valence-electron chi connectivity index (χ4n) is 3.35. The number of hydrogen-bond acceptors (Lipinski definition) is 5. The van der Waals surface area contributed by atoms with E-state index in [1.807, 2.05) is 49.1 Å². The van der Waals surface area contributed by atoms with Crippen molar-refractivity contribution in [3.63, 3.8) is 0 Å². The number of rotatable bonds is 9. The molecule has 1 atom stereocenters. The quantitative estimate of drug-likeness (QED) is 0.492. The lowest BCUT2D eigenvalue weighted by Crippen LogP contribution is -2.36. The van der Waals surface area contributed by atoms with Crippen LogP contribution < -0.4 is 0 Å². The van der Waals surface area contributed by atoms with Gasteiger partial charge in [-0.15, -0.1) is 10.2 Å². The lowest BCUT2D eigenvalue weighted by Gasteiger charge is -2.24. The van der Waals surface area contributed by atoms with E-state index >= 15 is 0 Å². The maximum Gasteiger partial charge on any atom is 0.236 e. The number of amides is 1. The van der Waals surface area contributed by atoms with E-state index in [1.165, 1.54) is 11.8 Å². The van der Waals surface area contributed by atoms with E-state index in [1.54, 1.807) is 6.26 Å². The number of furan rings is 1. The van der Waals surface area contributed by atoms with Crippen molar-refractivity contribution in [1.29, 1.82) is 0 Å². The van der Waals surface area contributed by atoms with Crippen LogP contribution >= 0.6 is 11.8 Å². The first-order valence-electron chi connectivity index (χ1n) is 10.1. The van der Waals surface area contributed by atoms with Crippen LogP contribution in [0.15, 0.2) is 58.3 Å². The van der Waals surface area contributed by atoms with Crippen molar-refractivity contribution in [3.8, 4) is 0 Å². The highest BCUT2D eigenvalue weighted by Crippen LogP contribution is 2.40. The van der Waals surface area contributed by atoms with Crippen molar-refractivity contribution in [1.82, 2.24) is 19.7 Å². The molecule has 2 aromatic heterocycles. The molecule has 7 heteroatoms. The van der Waals surface area contributed by atoms with Crippen LogP contribution in [0.1, 0.15) is 49.8 Å². The first kappa shape index (κ1) is 19.8. The summed E-state index contributed by atoms with van der Waals surface area (Å²) in [7, 11) is 0. The van der Waals surface area contributed by atoms with Crippen LogP contribution in [0.5, 0.6) is 0 Å². The molecular formula is C22H26N4O2S. The summed E-state index contributed by atoms with van der Waals surface area (Å²) in [5.74, 6) is 2.46. The van der Waals surface area contributed by atoms with Gasteiger partial charge < -0.3 is 9.32 Å². The van der Waals surface area contributed by atoms with Crippen LogP contribution in [-0.4, -0.2) is 37.4 Å². The van der Waals surface area contributed by atoms with Gasteiger partial charge in [0, 0.05) is 19.0 Å². The van der Waals surface area contributed by atoms with E-state index < -0.39 is 0 Å². The highest BCUT2D eigenvalue weighted by atomic mass is 32.2. The molecule has 0 bridgehead atoms. The Hall–Kier alpha value is -2.54. The van der Waals surface area contributed by atoms with E-state index in [9.17, 15) is 4.79 Å². The Balaban J connectivity index is 1.48. The average molecular weight is 411 g/mol. The molecule has 1 saturated carbocycles. The molecule has 0 saturated heterocycles. The normalized spacial score (nSPS) is 14.7. The molecule has 1 aliphatic rings.